The van der Waals surface area contributed by atoms with E-state index in [1.165, 1.54) is 11.8 Å². The van der Waals surface area contributed by atoms with Gasteiger partial charge in [0.2, 0.25) is 0 Å². The van der Waals surface area contributed by atoms with Gasteiger partial charge in [0.05, 0.1) is 12.5 Å². The second-order valence-electron chi connectivity index (χ2n) is 2.00. The highest BCUT2D eigenvalue weighted by atomic mass is 32.2. The third-order valence-electron chi connectivity index (χ3n) is 1.34. The second kappa shape index (κ2) is 2.50. The normalized spacial score (nSPS) is 10.6. The first-order valence-corrected chi connectivity index (χ1v) is 4.33. The van der Waals surface area contributed by atoms with Crippen LogP contribution in [-0.4, -0.2) is 26.2 Å². The zero-order valence-corrected chi connectivity index (χ0v) is 6.72. The summed E-state index contributed by atoms with van der Waals surface area (Å²) in [4.78, 5) is 15.2. The summed E-state index contributed by atoms with van der Waals surface area (Å²) in [5.74, 6) is 0. The molecule has 0 fully saturated rings. The van der Waals surface area contributed by atoms with Crippen molar-refractivity contribution in [3.8, 4) is 0 Å². The number of nitrogens with zero attached hydrogens (tertiary/aromatic N) is 3. The molecule has 0 aliphatic heterocycles. The first-order chi connectivity index (χ1) is 5.40. The van der Waals surface area contributed by atoms with Crippen LogP contribution in [0.1, 0.15) is 0 Å². The number of aromatic nitrogens is 4. The molecule has 0 aliphatic carbocycles. The second-order valence-corrected chi connectivity index (χ2v) is 2.77. The van der Waals surface area contributed by atoms with Crippen molar-refractivity contribution < 1.29 is 0 Å². The van der Waals surface area contributed by atoms with Crippen molar-refractivity contribution >= 4 is 22.9 Å². The maximum absolute atomic E-state index is 4.16. The molecular formula is C6H6N4S. The van der Waals surface area contributed by atoms with Gasteiger partial charge in [0.1, 0.15) is 5.52 Å². The third kappa shape index (κ3) is 1.07. The fraction of sp³-hybridized carbons (Fsp3) is 0.167. The minimum absolute atomic E-state index is 0.726. The molecule has 0 amide bonds. The van der Waals surface area contributed by atoms with Crippen molar-refractivity contribution in [1.29, 1.82) is 0 Å². The van der Waals surface area contributed by atoms with Crippen molar-refractivity contribution in [1.82, 2.24) is 19.9 Å². The van der Waals surface area contributed by atoms with E-state index in [0.29, 0.717) is 0 Å². The predicted octanol–water partition coefficient (Wildman–Crippen LogP) is 1.07. The van der Waals surface area contributed by atoms with E-state index in [4.69, 9.17) is 0 Å². The van der Waals surface area contributed by atoms with Crippen molar-refractivity contribution in [3.05, 3.63) is 12.5 Å². The molecule has 1 N–H and O–H groups in total. The molecule has 4 nitrogen and oxygen atoms in total. The van der Waals surface area contributed by atoms with Crippen LogP contribution < -0.4 is 0 Å². The quantitative estimate of drug-likeness (QED) is 0.508. The number of H-pyrrole nitrogens is 1. The van der Waals surface area contributed by atoms with Crippen LogP contribution in [0, 0.1) is 0 Å². The Morgan fingerprint density at radius 2 is 2.36 bits per heavy atom. The van der Waals surface area contributed by atoms with Gasteiger partial charge in [-0.2, -0.15) is 0 Å². The number of imidazole rings is 1. The monoisotopic (exact) mass is 166 g/mol. The van der Waals surface area contributed by atoms with Gasteiger partial charge in [-0.25, -0.2) is 15.0 Å². The zero-order valence-electron chi connectivity index (χ0n) is 5.90. The van der Waals surface area contributed by atoms with Crippen molar-refractivity contribution in [2.75, 3.05) is 6.26 Å². The molecule has 0 aliphatic rings. The van der Waals surface area contributed by atoms with Gasteiger partial charge in [0.15, 0.2) is 10.8 Å². The van der Waals surface area contributed by atoms with E-state index in [0.717, 1.165) is 16.3 Å². The lowest BCUT2D eigenvalue weighted by atomic mass is 10.6. The van der Waals surface area contributed by atoms with E-state index in [-0.39, 0.29) is 0 Å². The molecule has 56 valence electrons. The average Bonchev–Trinajstić information content (AvgIpc) is 2.50. The van der Waals surface area contributed by atoms with E-state index in [1.807, 2.05) is 6.26 Å². The van der Waals surface area contributed by atoms with E-state index < -0.39 is 0 Å². The van der Waals surface area contributed by atoms with E-state index in [9.17, 15) is 0 Å². The molecule has 0 saturated heterocycles. The fourth-order valence-corrected chi connectivity index (χ4v) is 1.15. The van der Waals surface area contributed by atoms with Crippen molar-refractivity contribution in [3.63, 3.8) is 0 Å². The van der Waals surface area contributed by atoms with Gasteiger partial charge in [-0.15, -0.1) is 0 Å². The van der Waals surface area contributed by atoms with Crippen LogP contribution in [0.4, 0.5) is 0 Å². The summed E-state index contributed by atoms with van der Waals surface area (Å²) in [5.41, 5.74) is 1.60. The van der Waals surface area contributed by atoms with Crippen LogP contribution in [0.2, 0.25) is 0 Å². The Bertz CT molecular complexity index is 369. The lowest BCUT2D eigenvalue weighted by Crippen LogP contribution is -1.84. The summed E-state index contributed by atoms with van der Waals surface area (Å²) in [6.45, 7) is 0. The maximum atomic E-state index is 4.16. The molecule has 2 heterocycles. The summed E-state index contributed by atoms with van der Waals surface area (Å²) in [6, 6.07) is 0. The molecule has 0 spiro atoms. The number of rotatable bonds is 1. The zero-order chi connectivity index (χ0) is 7.68. The largest absolute Gasteiger partial charge is 0.342 e. The lowest BCUT2D eigenvalue weighted by Gasteiger charge is -1.91. The topological polar surface area (TPSA) is 54.5 Å². The summed E-state index contributed by atoms with van der Waals surface area (Å²) in [7, 11) is 0. The lowest BCUT2D eigenvalue weighted by molar-refractivity contribution is 0.997. The minimum Gasteiger partial charge on any atom is -0.342 e. The van der Waals surface area contributed by atoms with E-state index in [1.54, 1.807) is 12.5 Å². The summed E-state index contributed by atoms with van der Waals surface area (Å²) < 4.78 is 0. The first-order valence-electron chi connectivity index (χ1n) is 3.10. The Kier molecular flexibility index (Phi) is 1.50. The van der Waals surface area contributed by atoms with Gasteiger partial charge in [0.25, 0.3) is 0 Å². The Morgan fingerprint density at radius 3 is 3.18 bits per heavy atom. The van der Waals surface area contributed by atoms with Gasteiger partial charge in [-0.3, -0.25) is 0 Å². The van der Waals surface area contributed by atoms with Gasteiger partial charge >= 0.3 is 0 Å². The van der Waals surface area contributed by atoms with E-state index in [2.05, 4.69) is 19.9 Å². The first kappa shape index (κ1) is 6.60. The molecule has 2 rings (SSSR count). The molecule has 0 atom stereocenters. The molecule has 11 heavy (non-hydrogen) atoms. The number of aromatic amines is 1. The van der Waals surface area contributed by atoms with Gasteiger partial charge < -0.3 is 4.98 Å². The number of fused-ring (bicyclic) bond motifs is 1. The SMILES string of the molecule is CSc1ncc2[nH]cnc2n1. The van der Waals surface area contributed by atoms with Crippen LogP contribution in [0.5, 0.6) is 0 Å². The smallest absolute Gasteiger partial charge is 0.189 e. The number of hydrogen-bond acceptors (Lipinski definition) is 4. The number of nitrogens with one attached hydrogen (secondary N) is 1. The number of hydrogen-bond donors (Lipinski definition) is 1. The molecule has 0 aromatic carbocycles. The van der Waals surface area contributed by atoms with E-state index >= 15 is 0 Å². The molecule has 2 aromatic rings. The molecule has 0 radical (unpaired) electrons. The van der Waals surface area contributed by atoms with Crippen LogP contribution in [0.15, 0.2) is 17.7 Å². The Morgan fingerprint density at radius 1 is 1.45 bits per heavy atom. The fourth-order valence-electron chi connectivity index (χ4n) is 0.819. The molecule has 2 aromatic heterocycles. The van der Waals surface area contributed by atoms with Crippen LogP contribution in [0.25, 0.3) is 11.2 Å². The third-order valence-corrected chi connectivity index (χ3v) is 1.90. The standard InChI is InChI=1S/C6H6N4S/c1-11-6-7-2-4-5(10-6)9-3-8-4/h2-3H,1H3,(H,7,8,9,10). The van der Waals surface area contributed by atoms with Crippen LogP contribution in [-0.2, 0) is 0 Å². The summed E-state index contributed by atoms with van der Waals surface area (Å²) in [5, 5.41) is 0.754. The van der Waals surface area contributed by atoms with Gasteiger partial charge in [-0.1, -0.05) is 11.8 Å². The summed E-state index contributed by atoms with van der Waals surface area (Å²) in [6.07, 6.45) is 5.29. The predicted molar refractivity (Wildman–Crippen MR) is 43.5 cm³/mol. The Labute approximate surface area is 67.5 Å². The maximum Gasteiger partial charge on any atom is 0.189 e. The Hall–Kier alpha value is -1.10. The molecular weight excluding hydrogens is 160 g/mol. The minimum atomic E-state index is 0.726. The average molecular weight is 166 g/mol. The van der Waals surface area contributed by atoms with Crippen LogP contribution in [0.3, 0.4) is 0 Å². The molecule has 5 heteroatoms. The van der Waals surface area contributed by atoms with Crippen molar-refractivity contribution in [2.24, 2.45) is 0 Å². The molecule has 0 saturated carbocycles. The highest BCUT2D eigenvalue weighted by Gasteiger charge is 1.98. The number of thioether (sulfide) groups is 1. The molecule has 0 bridgehead atoms. The highest BCUT2D eigenvalue weighted by Crippen LogP contribution is 2.10. The Balaban J connectivity index is 2.67. The van der Waals surface area contributed by atoms with Gasteiger partial charge in [0, 0.05) is 0 Å². The highest BCUT2D eigenvalue weighted by molar-refractivity contribution is 7.98. The summed E-state index contributed by atoms with van der Waals surface area (Å²) >= 11 is 1.51. The molecule has 0 unspecified atom stereocenters. The van der Waals surface area contributed by atoms with Gasteiger partial charge in [-0.05, 0) is 6.26 Å². The van der Waals surface area contributed by atoms with Crippen molar-refractivity contribution in [2.45, 2.75) is 5.16 Å². The van der Waals surface area contributed by atoms with Crippen LogP contribution >= 0.6 is 11.8 Å².